The van der Waals surface area contributed by atoms with E-state index in [0.29, 0.717) is 25.1 Å². The molecule has 0 saturated carbocycles. The summed E-state index contributed by atoms with van der Waals surface area (Å²) >= 11 is 0. The summed E-state index contributed by atoms with van der Waals surface area (Å²) in [6.45, 7) is 6.29. The molecule has 0 aliphatic carbocycles. The highest BCUT2D eigenvalue weighted by molar-refractivity contribution is 5.97. The van der Waals surface area contributed by atoms with Crippen LogP contribution in [0.25, 0.3) is 0 Å². The zero-order valence-corrected chi connectivity index (χ0v) is 29.1. The fraction of sp³-hybridized carbons (Fsp3) is 0.421. The smallest absolute Gasteiger partial charge is 0.247 e. The van der Waals surface area contributed by atoms with Crippen molar-refractivity contribution in [2.24, 2.45) is 27.4 Å². The maximum absolute atomic E-state index is 13.0. The molecule has 0 heterocycles. The molecule has 0 unspecified atom stereocenters. The van der Waals surface area contributed by atoms with Crippen LogP contribution in [0.5, 0.6) is 0 Å². The van der Waals surface area contributed by atoms with Crippen LogP contribution < -0.4 is 22.1 Å². The number of carbonyl (C=O) groups excluding carboxylic acids is 2. The number of aliphatic imine (C=N–C) groups is 2. The second-order valence-corrected chi connectivity index (χ2v) is 11.5. The first-order valence-electron chi connectivity index (χ1n) is 16.5. The Labute approximate surface area is 283 Å². The minimum Gasteiger partial charge on any atom is -0.369 e. The Morgan fingerprint density at radius 3 is 1.74 bits per heavy atom. The van der Waals surface area contributed by atoms with Crippen molar-refractivity contribution >= 4 is 29.4 Å². The first kappa shape index (κ1) is 40.4. The lowest BCUT2D eigenvalue weighted by molar-refractivity contribution is -0.127. The monoisotopic (exact) mass is 643 g/mol. The normalized spacial score (nSPS) is 13.7. The van der Waals surface area contributed by atoms with E-state index >= 15 is 0 Å². The Morgan fingerprint density at radius 1 is 0.787 bits per heavy atom. The molecule has 0 aliphatic rings. The predicted octanol–water partition coefficient (Wildman–Crippen LogP) is 6.93. The number of nitrogens with two attached hydrogens (primary N) is 2. The van der Waals surface area contributed by atoms with E-state index in [-0.39, 0.29) is 29.7 Å². The number of nitrogens with one attached hydrogen (secondary N) is 2. The van der Waals surface area contributed by atoms with E-state index in [1.807, 2.05) is 32.1 Å². The molecule has 1 atom stereocenters. The average molecular weight is 644 g/mol. The number of carbonyl (C=O) groups is 2. The van der Waals surface area contributed by atoms with Gasteiger partial charge in [-0.25, -0.2) is 4.99 Å². The second-order valence-electron chi connectivity index (χ2n) is 11.5. The van der Waals surface area contributed by atoms with E-state index in [0.717, 1.165) is 44.1 Å². The van der Waals surface area contributed by atoms with Crippen LogP contribution in [0.3, 0.4) is 0 Å². The fourth-order valence-corrected chi connectivity index (χ4v) is 3.97. The van der Waals surface area contributed by atoms with Crippen LogP contribution in [0.4, 0.5) is 5.69 Å². The molecule has 47 heavy (non-hydrogen) atoms. The van der Waals surface area contributed by atoms with Gasteiger partial charge in [0.2, 0.25) is 17.8 Å². The van der Waals surface area contributed by atoms with E-state index in [1.54, 1.807) is 31.1 Å². The zero-order chi connectivity index (χ0) is 34.7. The first-order valence-corrected chi connectivity index (χ1v) is 16.5. The minimum atomic E-state index is -0.642. The molecule has 0 aromatic heterocycles. The van der Waals surface area contributed by atoms with Crippen LogP contribution >= 0.6 is 0 Å². The molecule has 0 spiro atoms. The number of guanidine groups is 2. The van der Waals surface area contributed by atoms with Crippen LogP contribution in [0.15, 0.2) is 107 Å². The third-order valence-corrected chi connectivity index (χ3v) is 6.73. The molecule has 0 fully saturated rings. The van der Waals surface area contributed by atoms with Crippen LogP contribution in [0, 0.1) is 5.92 Å². The van der Waals surface area contributed by atoms with Gasteiger partial charge in [-0.15, -0.1) is 0 Å². The Morgan fingerprint density at radius 2 is 1.28 bits per heavy atom. The van der Waals surface area contributed by atoms with E-state index < -0.39 is 6.04 Å². The Kier molecular flexibility index (Phi) is 21.9. The molecule has 0 saturated heterocycles. The molecule has 9 nitrogen and oxygen atoms in total. The highest BCUT2D eigenvalue weighted by Gasteiger charge is 2.24. The first-order chi connectivity index (χ1) is 22.6. The van der Waals surface area contributed by atoms with Gasteiger partial charge in [0.15, 0.2) is 5.96 Å². The number of nitrogens with zero attached hydrogens (tertiary/aromatic N) is 3. The van der Waals surface area contributed by atoms with Gasteiger partial charge in [0, 0.05) is 26.2 Å². The lowest BCUT2D eigenvalue weighted by Gasteiger charge is -2.21. The van der Waals surface area contributed by atoms with Crippen molar-refractivity contribution in [3.63, 3.8) is 0 Å². The highest BCUT2D eigenvalue weighted by Crippen LogP contribution is 2.13. The van der Waals surface area contributed by atoms with E-state index in [4.69, 9.17) is 11.5 Å². The van der Waals surface area contributed by atoms with Crippen LogP contribution in [-0.2, 0) is 16.1 Å². The highest BCUT2D eigenvalue weighted by atomic mass is 16.2. The summed E-state index contributed by atoms with van der Waals surface area (Å²) < 4.78 is 0. The standard InChI is InChI=1S/C38H57N7O2/c1-6-7-8-9-10-11-12-13-14-15-16-17-18-19-20-21-22-23-24-25-34(46)43-35(31(2)3)36(47)42-33-28-26-32(27-29-33)30-41-37(39)44-38(40)45(4)5/h7-8,10-11,13-14,16-17,19-20,22-23,26-29,31,35H,6,9,12,15,18,21,24-25,30H2,1-5H3,(H,42,47)(H,43,46)(H4,39,40,41,44)/t35-/m0/s1. The maximum atomic E-state index is 13.0. The van der Waals surface area contributed by atoms with Crippen molar-refractivity contribution in [1.29, 1.82) is 0 Å². The van der Waals surface area contributed by atoms with Gasteiger partial charge in [0.25, 0.3) is 0 Å². The van der Waals surface area contributed by atoms with Gasteiger partial charge < -0.3 is 27.0 Å². The van der Waals surface area contributed by atoms with E-state index in [2.05, 4.69) is 94.4 Å². The summed E-state index contributed by atoms with van der Waals surface area (Å²) in [5.41, 5.74) is 13.1. The summed E-state index contributed by atoms with van der Waals surface area (Å²) in [4.78, 5) is 35.4. The molecular weight excluding hydrogens is 586 g/mol. The van der Waals surface area contributed by atoms with Gasteiger partial charge in [0.05, 0.1) is 6.54 Å². The van der Waals surface area contributed by atoms with Crippen molar-refractivity contribution in [3.8, 4) is 0 Å². The van der Waals surface area contributed by atoms with Gasteiger partial charge in [0.1, 0.15) is 6.04 Å². The summed E-state index contributed by atoms with van der Waals surface area (Å²) in [7, 11) is 3.53. The van der Waals surface area contributed by atoms with Crippen molar-refractivity contribution in [2.45, 2.75) is 84.7 Å². The molecule has 0 radical (unpaired) electrons. The number of benzene rings is 1. The van der Waals surface area contributed by atoms with Crippen molar-refractivity contribution in [2.75, 3.05) is 19.4 Å². The lowest BCUT2D eigenvalue weighted by atomic mass is 10.0. The number of allylic oxidation sites excluding steroid dienone is 12. The molecule has 1 rings (SSSR count). The fourth-order valence-electron chi connectivity index (χ4n) is 3.97. The van der Waals surface area contributed by atoms with Gasteiger partial charge in [-0.2, -0.15) is 4.99 Å². The minimum absolute atomic E-state index is 0.0726. The Hall–Kier alpha value is -4.66. The molecule has 2 amide bonds. The molecule has 0 aliphatic heterocycles. The molecule has 256 valence electrons. The van der Waals surface area contributed by atoms with Crippen LogP contribution in [0.2, 0.25) is 0 Å². The lowest BCUT2D eigenvalue weighted by Crippen LogP contribution is -2.47. The number of anilines is 1. The Bertz CT molecular complexity index is 1280. The van der Waals surface area contributed by atoms with Gasteiger partial charge in [-0.3, -0.25) is 9.59 Å². The van der Waals surface area contributed by atoms with Crippen LogP contribution in [0.1, 0.15) is 77.7 Å². The SMILES string of the molecule is CCC=CCC=CCC=CCC=CCC=CCC=CCCC(=O)N[C@H](C(=O)Nc1ccc(CN=C(N)N=C(N)N(C)C)cc1)C(C)C. The molecule has 9 heteroatoms. The number of amides is 2. The van der Waals surface area contributed by atoms with Gasteiger partial charge in [-0.05, 0) is 68.6 Å². The van der Waals surface area contributed by atoms with E-state index in [9.17, 15) is 9.59 Å². The molecule has 0 bridgehead atoms. The summed E-state index contributed by atoms with van der Waals surface area (Å²) in [6, 6.07) is 6.63. The third-order valence-electron chi connectivity index (χ3n) is 6.73. The number of hydrogen-bond donors (Lipinski definition) is 4. The van der Waals surface area contributed by atoms with Crippen molar-refractivity contribution < 1.29 is 9.59 Å². The summed E-state index contributed by atoms with van der Waals surface area (Å²) in [6.07, 6.45) is 32.6. The molecule has 1 aromatic carbocycles. The predicted molar refractivity (Wildman–Crippen MR) is 200 cm³/mol. The zero-order valence-electron chi connectivity index (χ0n) is 29.1. The third kappa shape index (κ3) is 20.9. The largest absolute Gasteiger partial charge is 0.369 e. The Balaban J connectivity index is 2.35. The summed E-state index contributed by atoms with van der Waals surface area (Å²) in [5.74, 6) is -0.126. The molecular formula is C38H57N7O2. The van der Waals surface area contributed by atoms with Gasteiger partial charge in [-0.1, -0.05) is 106 Å². The van der Waals surface area contributed by atoms with Crippen molar-refractivity contribution in [3.05, 3.63) is 103 Å². The van der Waals surface area contributed by atoms with Crippen molar-refractivity contribution in [1.82, 2.24) is 10.2 Å². The topological polar surface area (TPSA) is 138 Å². The summed E-state index contributed by atoms with van der Waals surface area (Å²) in [5, 5.41) is 5.78. The second kappa shape index (κ2) is 25.5. The van der Waals surface area contributed by atoms with E-state index in [1.165, 1.54) is 0 Å². The number of hydrogen-bond acceptors (Lipinski definition) is 3. The van der Waals surface area contributed by atoms with Gasteiger partial charge >= 0.3 is 0 Å². The molecule has 1 aromatic rings. The average Bonchev–Trinajstić information content (AvgIpc) is 3.04. The number of rotatable bonds is 20. The van der Waals surface area contributed by atoms with Crippen LogP contribution in [-0.4, -0.2) is 48.8 Å². The molecule has 6 N–H and O–H groups in total. The maximum Gasteiger partial charge on any atom is 0.247 e. The quantitative estimate of drug-likeness (QED) is 0.0693.